The maximum Gasteiger partial charge on any atom is 0.310 e. The van der Waals surface area contributed by atoms with Crippen LogP contribution in [0, 0.1) is 0 Å². The monoisotopic (exact) mass is 396 g/mol. The van der Waals surface area contributed by atoms with Crippen LogP contribution in [0.4, 0.5) is 0 Å². The van der Waals surface area contributed by atoms with Gasteiger partial charge in [-0.1, -0.05) is 67.8 Å². The average Bonchev–Trinajstić information content (AvgIpc) is 2.72. The third kappa shape index (κ3) is 7.37. The van der Waals surface area contributed by atoms with Gasteiger partial charge in [-0.25, -0.2) is 0 Å². The summed E-state index contributed by atoms with van der Waals surface area (Å²) in [5, 5.41) is 18.1. The van der Waals surface area contributed by atoms with Crippen LogP contribution in [0.15, 0.2) is 48.5 Å². The molecule has 0 aliphatic rings. The van der Waals surface area contributed by atoms with E-state index in [1.165, 1.54) is 30.4 Å². The van der Waals surface area contributed by atoms with E-state index in [4.69, 9.17) is 10.2 Å². The topological polar surface area (TPSA) is 74.6 Å². The lowest BCUT2D eigenvalue weighted by Crippen LogP contribution is -2.07. The van der Waals surface area contributed by atoms with Crippen molar-refractivity contribution in [3.63, 3.8) is 0 Å². The molecule has 2 rings (SSSR count). The van der Waals surface area contributed by atoms with Gasteiger partial charge in [-0.3, -0.25) is 9.59 Å². The van der Waals surface area contributed by atoms with E-state index < -0.39 is 23.8 Å². The molecule has 2 aromatic rings. The molecule has 0 saturated heterocycles. The van der Waals surface area contributed by atoms with E-state index in [0.717, 1.165) is 36.8 Å². The highest BCUT2D eigenvalue weighted by Crippen LogP contribution is 2.19. The molecule has 2 atom stereocenters. The van der Waals surface area contributed by atoms with Crippen LogP contribution in [0.5, 0.6) is 0 Å². The summed E-state index contributed by atoms with van der Waals surface area (Å²) in [7, 11) is 0. The SMILES string of the molecule is CC(C(=O)O)c1ccc(CCCCCCCc2ccc(C(C)C(=O)O)cc2)cc1. The number of hydrogen-bond donors (Lipinski definition) is 2. The van der Waals surface area contributed by atoms with Crippen LogP contribution in [0.1, 0.15) is 80.0 Å². The molecule has 156 valence electrons. The second-order valence-electron chi connectivity index (χ2n) is 7.87. The normalized spacial score (nSPS) is 13.0. The minimum absolute atomic E-state index is 0.458. The van der Waals surface area contributed by atoms with Crippen molar-refractivity contribution in [1.29, 1.82) is 0 Å². The zero-order chi connectivity index (χ0) is 21.2. The summed E-state index contributed by atoms with van der Waals surface area (Å²) in [4.78, 5) is 22.0. The first-order valence-electron chi connectivity index (χ1n) is 10.5. The van der Waals surface area contributed by atoms with Crippen LogP contribution < -0.4 is 0 Å². The van der Waals surface area contributed by atoms with Gasteiger partial charge in [-0.15, -0.1) is 0 Å². The maximum atomic E-state index is 11.0. The second-order valence-corrected chi connectivity index (χ2v) is 7.87. The second kappa shape index (κ2) is 11.4. The Morgan fingerprint density at radius 1 is 0.621 bits per heavy atom. The molecule has 0 fully saturated rings. The standard InChI is InChI=1S/C25H32O4/c1-18(24(26)27)22-14-10-20(11-15-22)8-6-4-3-5-7-9-21-12-16-23(17-13-21)19(2)25(28)29/h10-19H,3-9H2,1-2H3,(H,26,27)(H,28,29). The van der Waals surface area contributed by atoms with E-state index in [0.29, 0.717) is 0 Å². The molecular formula is C25H32O4. The number of aliphatic carboxylic acids is 2. The van der Waals surface area contributed by atoms with E-state index in [1.54, 1.807) is 13.8 Å². The van der Waals surface area contributed by atoms with Gasteiger partial charge in [0.2, 0.25) is 0 Å². The summed E-state index contributed by atoms with van der Waals surface area (Å²) in [6, 6.07) is 15.9. The molecule has 0 spiro atoms. The summed E-state index contributed by atoms with van der Waals surface area (Å²) < 4.78 is 0. The number of carboxylic acids is 2. The molecule has 29 heavy (non-hydrogen) atoms. The number of carbonyl (C=O) groups is 2. The maximum absolute atomic E-state index is 11.0. The van der Waals surface area contributed by atoms with Crippen molar-refractivity contribution in [3.8, 4) is 0 Å². The van der Waals surface area contributed by atoms with Gasteiger partial charge in [0.05, 0.1) is 11.8 Å². The fourth-order valence-corrected chi connectivity index (χ4v) is 3.42. The Morgan fingerprint density at radius 3 is 1.24 bits per heavy atom. The fraction of sp³-hybridized carbons (Fsp3) is 0.440. The smallest absolute Gasteiger partial charge is 0.310 e. The highest BCUT2D eigenvalue weighted by atomic mass is 16.4. The number of carboxylic acid groups (broad SMARTS) is 2. The summed E-state index contributed by atoms with van der Waals surface area (Å²) >= 11 is 0. The third-order valence-corrected chi connectivity index (χ3v) is 5.63. The zero-order valence-electron chi connectivity index (χ0n) is 17.4. The molecule has 0 aliphatic carbocycles. The van der Waals surface area contributed by atoms with Gasteiger partial charge in [0.15, 0.2) is 0 Å². The molecule has 0 heterocycles. The largest absolute Gasteiger partial charge is 0.481 e. The van der Waals surface area contributed by atoms with E-state index in [2.05, 4.69) is 0 Å². The third-order valence-electron chi connectivity index (χ3n) is 5.63. The number of aryl methyl sites for hydroxylation is 2. The lowest BCUT2D eigenvalue weighted by molar-refractivity contribution is -0.139. The molecule has 4 nitrogen and oxygen atoms in total. The molecule has 2 aromatic carbocycles. The Kier molecular flexibility index (Phi) is 8.91. The van der Waals surface area contributed by atoms with Gasteiger partial charge in [-0.2, -0.15) is 0 Å². The zero-order valence-corrected chi connectivity index (χ0v) is 17.4. The molecule has 2 unspecified atom stereocenters. The van der Waals surface area contributed by atoms with E-state index in [-0.39, 0.29) is 0 Å². The molecule has 0 saturated carbocycles. The van der Waals surface area contributed by atoms with Crippen molar-refractivity contribution in [3.05, 3.63) is 70.8 Å². The van der Waals surface area contributed by atoms with Crippen LogP contribution in [-0.2, 0) is 22.4 Å². The fourth-order valence-electron chi connectivity index (χ4n) is 3.42. The van der Waals surface area contributed by atoms with Crippen LogP contribution in [0.2, 0.25) is 0 Å². The van der Waals surface area contributed by atoms with Crippen molar-refractivity contribution >= 4 is 11.9 Å². The number of unbranched alkanes of at least 4 members (excludes halogenated alkanes) is 4. The van der Waals surface area contributed by atoms with Crippen molar-refractivity contribution in [2.75, 3.05) is 0 Å². The van der Waals surface area contributed by atoms with Crippen molar-refractivity contribution in [2.45, 2.75) is 70.6 Å². The molecule has 0 radical (unpaired) electrons. The Bertz CT molecular complexity index is 710. The molecule has 4 heteroatoms. The average molecular weight is 397 g/mol. The van der Waals surface area contributed by atoms with Crippen molar-refractivity contribution in [2.24, 2.45) is 0 Å². The van der Waals surface area contributed by atoms with E-state index in [1.807, 2.05) is 48.5 Å². The first-order chi connectivity index (χ1) is 13.9. The van der Waals surface area contributed by atoms with E-state index in [9.17, 15) is 9.59 Å². The minimum Gasteiger partial charge on any atom is -0.481 e. The Balaban J connectivity index is 1.60. The van der Waals surface area contributed by atoms with Gasteiger partial charge in [0.1, 0.15) is 0 Å². The minimum atomic E-state index is -0.788. The molecule has 0 aromatic heterocycles. The molecule has 2 N–H and O–H groups in total. The highest BCUT2D eigenvalue weighted by Gasteiger charge is 2.13. The van der Waals surface area contributed by atoms with Gasteiger partial charge in [0.25, 0.3) is 0 Å². The lowest BCUT2D eigenvalue weighted by atomic mass is 9.97. The first kappa shape index (κ1) is 22.7. The number of benzene rings is 2. The van der Waals surface area contributed by atoms with Crippen LogP contribution in [0.25, 0.3) is 0 Å². The predicted octanol–water partition coefficient (Wildman–Crippen LogP) is 5.80. The Hall–Kier alpha value is -2.62. The molecule has 0 bridgehead atoms. The van der Waals surface area contributed by atoms with Gasteiger partial charge in [-0.05, 0) is 61.8 Å². The molecular weight excluding hydrogens is 364 g/mol. The van der Waals surface area contributed by atoms with Crippen molar-refractivity contribution in [1.82, 2.24) is 0 Å². The van der Waals surface area contributed by atoms with Crippen LogP contribution in [-0.4, -0.2) is 22.2 Å². The van der Waals surface area contributed by atoms with Gasteiger partial charge >= 0.3 is 11.9 Å². The summed E-state index contributed by atoms with van der Waals surface area (Å²) in [5.41, 5.74) is 4.24. The number of rotatable bonds is 12. The Morgan fingerprint density at radius 2 is 0.931 bits per heavy atom. The van der Waals surface area contributed by atoms with Crippen LogP contribution >= 0.6 is 0 Å². The molecule has 0 aliphatic heterocycles. The first-order valence-corrected chi connectivity index (χ1v) is 10.5. The van der Waals surface area contributed by atoms with Crippen molar-refractivity contribution < 1.29 is 19.8 Å². The highest BCUT2D eigenvalue weighted by molar-refractivity contribution is 5.75. The van der Waals surface area contributed by atoms with Gasteiger partial charge < -0.3 is 10.2 Å². The number of hydrogen-bond acceptors (Lipinski definition) is 2. The lowest BCUT2D eigenvalue weighted by Gasteiger charge is -2.08. The van der Waals surface area contributed by atoms with Crippen LogP contribution in [0.3, 0.4) is 0 Å². The predicted molar refractivity (Wildman–Crippen MR) is 115 cm³/mol. The molecule has 0 amide bonds. The summed E-state index contributed by atoms with van der Waals surface area (Å²) in [6.07, 6.45) is 7.97. The summed E-state index contributed by atoms with van der Waals surface area (Å²) in [5.74, 6) is -2.49. The van der Waals surface area contributed by atoms with E-state index >= 15 is 0 Å². The summed E-state index contributed by atoms with van der Waals surface area (Å²) in [6.45, 7) is 3.42. The Labute approximate surface area is 173 Å². The quantitative estimate of drug-likeness (QED) is 0.445. The van der Waals surface area contributed by atoms with Gasteiger partial charge in [0, 0.05) is 0 Å².